The molecule has 1 aliphatic rings. The average Bonchev–Trinajstić information content (AvgIpc) is 2.58. The Morgan fingerprint density at radius 3 is 2.62 bits per heavy atom. The van der Waals surface area contributed by atoms with Crippen LogP contribution in [-0.4, -0.2) is 35.6 Å². The van der Waals surface area contributed by atoms with Crippen LogP contribution >= 0.6 is 0 Å². The van der Waals surface area contributed by atoms with E-state index in [1.54, 1.807) is 0 Å². The van der Waals surface area contributed by atoms with Gasteiger partial charge in [0, 0.05) is 6.54 Å². The highest BCUT2D eigenvalue weighted by Crippen LogP contribution is 2.25. The highest BCUT2D eigenvalue weighted by Gasteiger charge is 2.36. The van der Waals surface area contributed by atoms with Crippen LogP contribution in [0, 0.1) is 5.92 Å². The van der Waals surface area contributed by atoms with Gasteiger partial charge in [-0.3, -0.25) is 9.69 Å². The largest absolute Gasteiger partial charge is 0.459 e. The molecule has 0 bridgehead atoms. The van der Waals surface area contributed by atoms with Gasteiger partial charge in [0.1, 0.15) is 11.6 Å². The number of hydrogen-bond acceptors (Lipinski definition) is 3. The van der Waals surface area contributed by atoms with E-state index < -0.39 is 5.60 Å². The lowest BCUT2D eigenvalue weighted by Crippen LogP contribution is -2.40. The Hall–Kier alpha value is -0.830. The van der Waals surface area contributed by atoms with Crippen molar-refractivity contribution >= 4 is 5.97 Å². The molecule has 16 heavy (non-hydrogen) atoms. The van der Waals surface area contributed by atoms with Crippen LogP contribution in [0.2, 0.25) is 0 Å². The second kappa shape index (κ2) is 5.00. The summed E-state index contributed by atoms with van der Waals surface area (Å²) >= 11 is 0. The van der Waals surface area contributed by atoms with Crippen molar-refractivity contribution in [2.75, 3.05) is 13.1 Å². The minimum Gasteiger partial charge on any atom is -0.459 e. The quantitative estimate of drug-likeness (QED) is 0.545. The predicted molar refractivity (Wildman–Crippen MR) is 65.2 cm³/mol. The maximum Gasteiger partial charge on any atom is 0.323 e. The minimum atomic E-state index is -0.400. The van der Waals surface area contributed by atoms with Crippen molar-refractivity contribution in [3.8, 4) is 0 Å². The van der Waals surface area contributed by atoms with Gasteiger partial charge < -0.3 is 4.74 Å². The average molecular weight is 225 g/mol. The summed E-state index contributed by atoms with van der Waals surface area (Å²) in [6.07, 6.45) is 2.78. The molecule has 1 rings (SSSR count). The van der Waals surface area contributed by atoms with Crippen molar-refractivity contribution in [2.45, 2.75) is 45.8 Å². The highest BCUT2D eigenvalue weighted by atomic mass is 16.6. The Labute approximate surface area is 98.5 Å². The van der Waals surface area contributed by atoms with Crippen molar-refractivity contribution in [3.63, 3.8) is 0 Å². The molecule has 0 amide bonds. The number of ether oxygens (including phenoxy) is 1. The molecule has 0 N–H and O–H groups in total. The maximum atomic E-state index is 12.0. The normalized spacial score (nSPS) is 26.8. The second-order valence-corrected chi connectivity index (χ2v) is 5.37. The molecule has 1 fully saturated rings. The second-order valence-electron chi connectivity index (χ2n) is 5.37. The lowest BCUT2D eigenvalue weighted by Gasteiger charge is -2.26. The monoisotopic (exact) mass is 225 g/mol. The number of rotatable bonds is 3. The van der Waals surface area contributed by atoms with Crippen LogP contribution in [0.4, 0.5) is 0 Å². The van der Waals surface area contributed by atoms with Gasteiger partial charge in [-0.2, -0.15) is 0 Å². The first-order valence-corrected chi connectivity index (χ1v) is 5.97. The fraction of sp³-hybridized carbons (Fsp3) is 0.769. The van der Waals surface area contributed by atoms with Gasteiger partial charge in [0.2, 0.25) is 0 Å². The predicted octanol–water partition coefficient (Wildman–Crippen LogP) is 2.22. The van der Waals surface area contributed by atoms with Gasteiger partial charge in [0.15, 0.2) is 0 Å². The molecule has 1 saturated heterocycles. The lowest BCUT2D eigenvalue weighted by molar-refractivity contribution is -0.160. The van der Waals surface area contributed by atoms with Crippen molar-refractivity contribution in [1.82, 2.24) is 4.90 Å². The third-order valence-corrected chi connectivity index (χ3v) is 2.85. The standard InChI is InChI=1S/C13H23NO2/c1-6-10-8-11(14(7-2)9-10)12(15)16-13(3,4)5/h6,10-11H,1,7-9H2,2-5H3. The van der Waals surface area contributed by atoms with E-state index >= 15 is 0 Å². The van der Waals surface area contributed by atoms with Gasteiger partial charge in [-0.15, -0.1) is 6.58 Å². The summed E-state index contributed by atoms with van der Waals surface area (Å²) in [7, 11) is 0. The van der Waals surface area contributed by atoms with E-state index in [1.807, 2.05) is 26.8 Å². The number of carbonyl (C=O) groups excluding carboxylic acids is 1. The number of esters is 1. The number of likely N-dealkylation sites (tertiary alicyclic amines) is 1. The molecule has 92 valence electrons. The molecule has 0 aromatic rings. The molecule has 1 heterocycles. The number of hydrogen-bond donors (Lipinski definition) is 0. The third kappa shape index (κ3) is 3.34. The van der Waals surface area contributed by atoms with Gasteiger partial charge in [0.25, 0.3) is 0 Å². The molecule has 2 unspecified atom stereocenters. The molecule has 0 saturated carbocycles. The molecule has 1 aliphatic heterocycles. The molecule has 3 nitrogen and oxygen atoms in total. The van der Waals surface area contributed by atoms with Crippen molar-refractivity contribution in [2.24, 2.45) is 5.92 Å². The van der Waals surface area contributed by atoms with E-state index in [2.05, 4.69) is 18.4 Å². The van der Waals surface area contributed by atoms with Crippen LogP contribution in [0.5, 0.6) is 0 Å². The van der Waals surface area contributed by atoms with E-state index in [9.17, 15) is 4.79 Å². The van der Waals surface area contributed by atoms with Crippen LogP contribution in [0.3, 0.4) is 0 Å². The van der Waals surface area contributed by atoms with E-state index in [4.69, 9.17) is 4.74 Å². The topological polar surface area (TPSA) is 29.5 Å². The van der Waals surface area contributed by atoms with Crippen molar-refractivity contribution in [3.05, 3.63) is 12.7 Å². The first-order chi connectivity index (χ1) is 7.37. The molecule has 0 aromatic carbocycles. The fourth-order valence-corrected chi connectivity index (χ4v) is 2.07. The third-order valence-electron chi connectivity index (χ3n) is 2.85. The van der Waals surface area contributed by atoms with Crippen LogP contribution in [0.1, 0.15) is 34.1 Å². The zero-order chi connectivity index (χ0) is 12.3. The fourth-order valence-electron chi connectivity index (χ4n) is 2.07. The van der Waals surface area contributed by atoms with E-state index in [-0.39, 0.29) is 12.0 Å². The summed E-state index contributed by atoms with van der Waals surface area (Å²) in [6, 6.07) is -0.0905. The van der Waals surface area contributed by atoms with Gasteiger partial charge in [0.05, 0.1) is 0 Å². The van der Waals surface area contributed by atoms with Crippen LogP contribution < -0.4 is 0 Å². The Kier molecular flexibility index (Phi) is 4.14. The Morgan fingerprint density at radius 2 is 2.19 bits per heavy atom. The minimum absolute atomic E-state index is 0.0905. The molecule has 2 atom stereocenters. The number of likely N-dealkylation sites (N-methyl/N-ethyl adjacent to an activating group) is 1. The summed E-state index contributed by atoms with van der Waals surface area (Å²) in [4.78, 5) is 14.2. The summed E-state index contributed by atoms with van der Waals surface area (Å²) < 4.78 is 5.43. The maximum absolute atomic E-state index is 12.0. The number of nitrogens with zero attached hydrogens (tertiary/aromatic N) is 1. The Balaban J connectivity index is 2.64. The van der Waals surface area contributed by atoms with E-state index in [0.29, 0.717) is 5.92 Å². The molecule has 3 heteroatoms. The summed E-state index contributed by atoms with van der Waals surface area (Å²) in [5, 5.41) is 0. The van der Waals surface area contributed by atoms with E-state index in [1.165, 1.54) is 0 Å². The summed E-state index contributed by atoms with van der Waals surface area (Å²) in [5.74, 6) is 0.316. The van der Waals surface area contributed by atoms with Crippen LogP contribution in [0.15, 0.2) is 12.7 Å². The molecule has 0 aromatic heterocycles. The van der Waals surface area contributed by atoms with Gasteiger partial charge in [-0.1, -0.05) is 13.0 Å². The van der Waals surface area contributed by atoms with Crippen LogP contribution in [0.25, 0.3) is 0 Å². The Bertz CT molecular complexity index is 268. The SMILES string of the molecule is C=CC1CC(C(=O)OC(C)(C)C)N(CC)C1. The summed E-state index contributed by atoms with van der Waals surface area (Å²) in [6.45, 7) is 13.4. The molecule has 0 aliphatic carbocycles. The highest BCUT2D eigenvalue weighted by molar-refractivity contribution is 5.76. The first kappa shape index (κ1) is 13.2. The zero-order valence-corrected chi connectivity index (χ0v) is 10.8. The number of carbonyl (C=O) groups is 1. The van der Waals surface area contributed by atoms with Crippen LogP contribution in [-0.2, 0) is 9.53 Å². The molecular weight excluding hydrogens is 202 g/mol. The van der Waals surface area contributed by atoms with Gasteiger partial charge >= 0.3 is 5.97 Å². The van der Waals surface area contributed by atoms with Gasteiger partial charge in [-0.25, -0.2) is 0 Å². The van der Waals surface area contributed by atoms with Gasteiger partial charge in [-0.05, 0) is 39.7 Å². The van der Waals surface area contributed by atoms with Crippen molar-refractivity contribution in [1.29, 1.82) is 0 Å². The zero-order valence-electron chi connectivity index (χ0n) is 10.8. The Morgan fingerprint density at radius 1 is 1.56 bits per heavy atom. The van der Waals surface area contributed by atoms with Crippen molar-refractivity contribution < 1.29 is 9.53 Å². The summed E-state index contributed by atoms with van der Waals surface area (Å²) in [5.41, 5.74) is -0.400. The first-order valence-electron chi connectivity index (χ1n) is 5.97. The molecule has 0 radical (unpaired) electrons. The smallest absolute Gasteiger partial charge is 0.323 e. The molecule has 0 spiro atoms. The lowest BCUT2D eigenvalue weighted by atomic mass is 10.1. The molecular formula is C13H23NO2. The van der Waals surface area contributed by atoms with E-state index in [0.717, 1.165) is 19.5 Å².